The van der Waals surface area contributed by atoms with E-state index in [0.29, 0.717) is 10.4 Å². The predicted molar refractivity (Wildman–Crippen MR) is 84.9 cm³/mol. The second kappa shape index (κ2) is 6.69. The molecule has 2 aromatic rings. The van der Waals surface area contributed by atoms with Gasteiger partial charge in [-0.3, -0.25) is 0 Å². The molecule has 0 unspecified atom stereocenters. The summed E-state index contributed by atoms with van der Waals surface area (Å²) in [6.45, 7) is 1.84. The van der Waals surface area contributed by atoms with Gasteiger partial charge in [-0.05, 0) is 36.3 Å². The summed E-state index contributed by atoms with van der Waals surface area (Å²) in [5, 5.41) is 18.1. The van der Waals surface area contributed by atoms with E-state index < -0.39 is 5.97 Å². The van der Waals surface area contributed by atoms with Crippen molar-refractivity contribution in [2.24, 2.45) is 0 Å². The van der Waals surface area contributed by atoms with Crippen LogP contribution in [0.2, 0.25) is 0 Å². The second-order valence-corrected chi connectivity index (χ2v) is 5.35. The maximum atomic E-state index is 11.3. The van der Waals surface area contributed by atoms with Crippen molar-refractivity contribution >= 4 is 22.9 Å². The normalized spacial score (nSPS) is 11.5. The van der Waals surface area contributed by atoms with Crippen molar-refractivity contribution in [2.75, 3.05) is 0 Å². The first-order valence-corrected chi connectivity index (χ1v) is 7.14. The Labute approximate surface area is 127 Å². The Kier molecular flexibility index (Phi) is 4.70. The molecule has 0 aliphatic carbocycles. The molecule has 1 heterocycles. The number of nitrogens with zero attached hydrogens (tertiary/aromatic N) is 1. The van der Waals surface area contributed by atoms with E-state index in [9.17, 15) is 9.90 Å². The van der Waals surface area contributed by atoms with Crippen molar-refractivity contribution in [3.8, 4) is 16.5 Å². The van der Waals surface area contributed by atoms with Gasteiger partial charge in [0.05, 0.1) is 5.57 Å². The van der Waals surface area contributed by atoms with E-state index >= 15 is 0 Å². The van der Waals surface area contributed by atoms with Crippen LogP contribution in [0.3, 0.4) is 0 Å². The molecule has 104 valence electrons. The van der Waals surface area contributed by atoms with Gasteiger partial charge in [-0.2, -0.15) is 5.26 Å². The molecule has 21 heavy (non-hydrogen) atoms. The topological polar surface area (TPSA) is 61.1 Å². The Bertz CT molecular complexity index is 746. The minimum absolute atomic E-state index is 0.253. The molecule has 2 rings (SSSR count). The average Bonchev–Trinajstić information content (AvgIpc) is 2.97. The molecule has 4 heteroatoms. The zero-order valence-corrected chi connectivity index (χ0v) is 12.2. The molecule has 1 aromatic heterocycles. The lowest BCUT2D eigenvalue weighted by Gasteiger charge is -2.03. The van der Waals surface area contributed by atoms with E-state index in [0.717, 1.165) is 10.4 Å². The molecular weight excluding hydrogens is 282 g/mol. The maximum Gasteiger partial charge on any atom is 0.336 e. The van der Waals surface area contributed by atoms with Crippen LogP contribution in [-0.2, 0) is 4.79 Å². The molecule has 0 saturated heterocycles. The molecule has 1 aromatic carbocycles. The van der Waals surface area contributed by atoms with Crippen LogP contribution < -0.4 is 0 Å². The molecular formula is C17H13NO2S. The van der Waals surface area contributed by atoms with Gasteiger partial charge in [-0.1, -0.05) is 36.4 Å². The number of allylic oxidation sites excluding steroid dienone is 3. The molecule has 1 N–H and O–H groups in total. The third-order valence-electron chi connectivity index (χ3n) is 2.88. The summed E-state index contributed by atoms with van der Waals surface area (Å²) in [4.78, 5) is 12.9. The first-order chi connectivity index (χ1) is 10.2. The summed E-state index contributed by atoms with van der Waals surface area (Å²) in [5.41, 5.74) is 1.88. The summed E-state index contributed by atoms with van der Waals surface area (Å²) in [6, 6.07) is 13.1. The van der Waals surface area contributed by atoms with Crippen molar-refractivity contribution < 1.29 is 9.90 Å². The fourth-order valence-electron chi connectivity index (χ4n) is 1.85. The maximum absolute atomic E-state index is 11.3. The van der Waals surface area contributed by atoms with Crippen molar-refractivity contribution in [3.05, 3.63) is 65.1 Å². The van der Waals surface area contributed by atoms with Gasteiger partial charge in [0.2, 0.25) is 0 Å². The van der Waals surface area contributed by atoms with Gasteiger partial charge in [0.25, 0.3) is 0 Å². The molecule has 0 aliphatic rings. The summed E-state index contributed by atoms with van der Waals surface area (Å²) in [7, 11) is 0. The molecule has 0 atom stereocenters. The van der Waals surface area contributed by atoms with Crippen LogP contribution in [0.5, 0.6) is 0 Å². The largest absolute Gasteiger partial charge is 0.478 e. The number of carboxylic acid groups (broad SMARTS) is 1. The van der Waals surface area contributed by atoms with Crippen molar-refractivity contribution in [1.82, 2.24) is 0 Å². The van der Waals surface area contributed by atoms with Crippen LogP contribution >= 0.6 is 11.3 Å². The minimum Gasteiger partial charge on any atom is -0.478 e. The van der Waals surface area contributed by atoms with E-state index in [4.69, 9.17) is 5.26 Å². The third-order valence-corrected chi connectivity index (χ3v) is 3.92. The first kappa shape index (κ1) is 14.8. The highest BCUT2D eigenvalue weighted by atomic mass is 32.1. The second-order valence-electron chi connectivity index (χ2n) is 4.26. The number of carbonyl (C=O) groups is 1. The Morgan fingerprint density at radius 2 is 1.95 bits per heavy atom. The van der Waals surface area contributed by atoms with Gasteiger partial charge in [-0.15, -0.1) is 11.3 Å². The monoisotopic (exact) mass is 295 g/mol. The van der Waals surface area contributed by atoms with E-state index in [1.165, 1.54) is 11.3 Å². The summed E-state index contributed by atoms with van der Waals surface area (Å²) >= 11 is 1.42. The summed E-state index contributed by atoms with van der Waals surface area (Å²) in [5.74, 6) is -0.955. The molecule has 0 fully saturated rings. The van der Waals surface area contributed by atoms with Gasteiger partial charge in [0, 0.05) is 4.88 Å². The Morgan fingerprint density at radius 3 is 2.48 bits per heavy atom. The van der Waals surface area contributed by atoms with Gasteiger partial charge in [-0.25, -0.2) is 4.79 Å². The quantitative estimate of drug-likeness (QED) is 0.674. The smallest absolute Gasteiger partial charge is 0.336 e. The molecule has 3 nitrogen and oxygen atoms in total. The van der Waals surface area contributed by atoms with Gasteiger partial charge < -0.3 is 5.11 Å². The molecule has 0 spiro atoms. The van der Waals surface area contributed by atoms with E-state index in [1.54, 1.807) is 36.4 Å². The number of nitriles is 1. The summed E-state index contributed by atoms with van der Waals surface area (Å²) in [6.07, 6.45) is 5.07. The molecule has 0 aliphatic heterocycles. The number of carboxylic acids is 1. The third kappa shape index (κ3) is 3.47. The standard InChI is InChI=1S/C17H13NO2S/c1-2-3-4-15(17(19)20)12-5-7-13(8-6-12)16-10-9-14(11-18)21-16/h2-10H,1H3,(H,19,20)/b3-2+,15-4+. The fourth-order valence-corrected chi connectivity index (χ4v) is 2.66. The molecule has 0 bridgehead atoms. The van der Waals surface area contributed by atoms with Gasteiger partial charge in [0.15, 0.2) is 0 Å². The predicted octanol–water partition coefficient (Wildman–Crippen LogP) is 4.33. The Balaban J connectivity index is 2.34. The SMILES string of the molecule is C/C=C/C=C(/C(=O)O)c1ccc(-c2ccc(C#N)s2)cc1. The fraction of sp³-hybridized carbons (Fsp3) is 0.0588. The number of rotatable bonds is 4. The first-order valence-electron chi connectivity index (χ1n) is 6.32. The highest BCUT2D eigenvalue weighted by molar-refractivity contribution is 7.16. The number of aliphatic carboxylic acids is 1. The van der Waals surface area contributed by atoms with Crippen LogP contribution in [-0.4, -0.2) is 11.1 Å². The molecule has 0 amide bonds. The highest BCUT2D eigenvalue weighted by Gasteiger charge is 2.10. The number of hydrogen-bond acceptors (Lipinski definition) is 3. The lowest BCUT2D eigenvalue weighted by molar-refractivity contribution is -0.130. The summed E-state index contributed by atoms with van der Waals surface area (Å²) < 4.78 is 0. The van der Waals surface area contributed by atoms with Crippen molar-refractivity contribution in [1.29, 1.82) is 5.26 Å². The van der Waals surface area contributed by atoms with Crippen LogP contribution in [0.4, 0.5) is 0 Å². The van der Waals surface area contributed by atoms with E-state index in [-0.39, 0.29) is 5.57 Å². The zero-order chi connectivity index (χ0) is 15.2. The molecule has 0 saturated carbocycles. The van der Waals surface area contributed by atoms with Crippen LogP contribution in [0.1, 0.15) is 17.4 Å². The number of hydrogen-bond donors (Lipinski definition) is 1. The van der Waals surface area contributed by atoms with Crippen LogP contribution in [0.15, 0.2) is 54.6 Å². The highest BCUT2D eigenvalue weighted by Crippen LogP contribution is 2.29. The van der Waals surface area contributed by atoms with Gasteiger partial charge in [0.1, 0.15) is 10.9 Å². The number of benzene rings is 1. The lowest BCUT2D eigenvalue weighted by atomic mass is 10.0. The van der Waals surface area contributed by atoms with E-state index in [1.807, 2.05) is 25.1 Å². The van der Waals surface area contributed by atoms with Crippen molar-refractivity contribution in [2.45, 2.75) is 6.92 Å². The Hall–Kier alpha value is -2.64. The lowest BCUT2D eigenvalue weighted by Crippen LogP contribution is -1.99. The van der Waals surface area contributed by atoms with Crippen molar-refractivity contribution in [3.63, 3.8) is 0 Å². The van der Waals surface area contributed by atoms with E-state index in [2.05, 4.69) is 6.07 Å². The number of thiophene rings is 1. The van der Waals surface area contributed by atoms with Gasteiger partial charge >= 0.3 is 5.97 Å². The zero-order valence-electron chi connectivity index (χ0n) is 11.4. The average molecular weight is 295 g/mol. The Morgan fingerprint density at radius 1 is 1.24 bits per heavy atom. The minimum atomic E-state index is -0.955. The van der Waals surface area contributed by atoms with Crippen LogP contribution in [0, 0.1) is 11.3 Å². The molecule has 0 radical (unpaired) electrons. The van der Waals surface area contributed by atoms with Crippen LogP contribution in [0.25, 0.3) is 16.0 Å².